The summed E-state index contributed by atoms with van der Waals surface area (Å²) in [4.78, 5) is 11.5. The van der Waals surface area contributed by atoms with Crippen molar-refractivity contribution in [3.63, 3.8) is 0 Å². The molecule has 5 heteroatoms. The molecule has 0 unspecified atom stereocenters. The molecule has 0 heterocycles. The van der Waals surface area contributed by atoms with Crippen LogP contribution in [0, 0.1) is 0 Å². The smallest absolute Gasteiger partial charge is 0.240 e. The van der Waals surface area contributed by atoms with Gasteiger partial charge >= 0.3 is 0 Å². The molecule has 0 saturated heterocycles. The molecule has 0 spiro atoms. The van der Waals surface area contributed by atoms with Gasteiger partial charge in [0, 0.05) is 0 Å². The average Bonchev–Trinajstić information content (AvgIpc) is 1.65. The molecule has 0 aromatic rings. The van der Waals surface area contributed by atoms with E-state index < -0.39 is 5.91 Å². The Labute approximate surface area is 74.4 Å². The van der Waals surface area contributed by atoms with Gasteiger partial charge in [-0.05, 0) is 27.2 Å². The van der Waals surface area contributed by atoms with Crippen LogP contribution in [0.4, 0.5) is 0 Å². The Morgan fingerprint density at radius 3 is 1.55 bits per heavy atom. The molecule has 0 aromatic carbocycles. The standard InChI is InChI=1S/C3H5NO.C3H9N.ClH.H3N/c1-2-3(4)5;1-4(2)3;;/h2H,1H2,(H2,4,5);1-3H3;1H;1H3. The third-order valence-corrected chi connectivity index (χ3v) is 0.201. The number of halogens is 1. The van der Waals surface area contributed by atoms with Gasteiger partial charge in [0.2, 0.25) is 5.91 Å². The summed E-state index contributed by atoms with van der Waals surface area (Å²) < 4.78 is 0. The summed E-state index contributed by atoms with van der Waals surface area (Å²) in [5.41, 5.74) is 4.53. The maximum absolute atomic E-state index is 9.47. The Hall–Kier alpha value is -0.580. The van der Waals surface area contributed by atoms with E-state index in [1.165, 1.54) is 0 Å². The van der Waals surface area contributed by atoms with E-state index in [9.17, 15) is 4.79 Å². The molecular weight excluding hydrogens is 166 g/mol. The molecule has 0 aliphatic carbocycles. The molecule has 0 rings (SSSR count). The van der Waals surface area contributed by atoms with Crippen molar-refractivity contribution >= 4 is 18.3 Å². The molecule has 0 atom stereocenters. The Kier molecular flexibility index (Phi) is 33.0. The molecule has 5 N–H and O–H groups in total. The summed E-state index contributed by atoms with van der Waals surface area (Å²) in [7, 11) is 6.00. The first-order chi connectivity index (χ1) is 4.00. The molecule has 11 heavy (non-hydrogen) atoms. The predicted octanol–water partition coefficient (Wildman–Crippen LogP) is 0.419. The van der Waals surface area contributed by atoms with Gasteiger partial charge in [-0.3, -0.25) is 4.79 Å². The van der Waals surface area contributed by atoms with Crippen molar-refractivity contribution in [1.82, 2.24) is 11.1 Å². The highest BCUT2D eigenvalue weighted by Crippen LogP contribution is 1.48. The van der Waals surface area contributed by atoms with Crippen LogP contribution in [0.3, 0.4) is 0 Å². The van der Waals surface area contributed by atoms with Crippen LogP contribution in [0.1, 0.15) is 0 Å². The summed E-state index contributed by atoms with van der Waals surface area (Å²) in [5.74, 6) is -0.481. The lowest BCUT2D eigenvalue weighted by atomic mass is 10.6. The van der Waals surface area contributed by atoms with Gasteiger partial charge < -0.3 is 16.8 Å². The van der Waals surface area contributed by atoms with E-state index in [1.54, 1.807) is 0 Å². The van der Waals surface area contributed by atoms with Crippen molar-refractivity contribution in [2.75, 3.05) is 21.1 Å². The normalized spacial score (nSPS) is 6.18. The predicted molar refractivity (Wildman–Crippen MR) is 51.3 cm³/mol. The fourth-order valence-electron chi connectivity index (χ4n) is 0. The second-order valence-electron chi connectivity index (χ2n) is 1.95. The molecule has 1 amide bonds. The SMILES string of the molecule is C=CC(N)=O.CN(C)C.Cl.N. The van der Waals surface area contributed by atoms with E-state index in [2.05, 4.69) is 12.3 Å². The number of carbonyl (C=O) groups is 1. The third-order valence-electron chi connectivity index (χ3n) is 0.201. The zero-order chi connectivity index (χ0) is 7.86. The largest absolute Gasteiger partial charge is 0.366 e. The minimum absolute atomic E-state index is 0. The lowest BCUT2D eigenvalue weighted by Gasteiger charge is -1.90. The summed E-state index contributed by atoms with van der Waals surface area (Å²) in [6.07, 6.45) is 1.06. The molecule has 0 fully saturated rings. The van der Waals surface area contributed by atoms with E-state index in [4.69, 9.17) is 0 Å². The van der Waals surface area contributed by atoms with Crippen LogP contribution in [0.5, 0.6) is 0 Å². The lowest BCUT2D eigenvalue weighted by Crippen LogP contribution is -2.04. The van der Waals surface area contributed by atoms with Gasteiger partial charge in [-0.2, -0.15) is 0 Å². The number of amides is 1. The molecule has 0 radical (unpaired) electrons. The molecule has 0 bridgehead atoms. The highest BCUT2D eigenvalue weighted by atomic mass is 35.5. The van der Waals surface area contributed by atoms with E-state index in [0.717, 1.165) is 6.08 Å². The quantitative estimate of drug-likeness (QED) is 0.579. The fraction of sp³-hybridized carbons (Fsp3) is 0.500. The zero-order valence-corrected chi connectivity index (χ0v) is 8.15. The number of primary amides is 1. The lowest BCUT2D eigenvalue weighted by molar-refractivity contribution is -0.113. The zero-order valence-electron chi connectivity index (χ0n) is 7.33. The van der Waals surface area contributed by atoms with E-state index in [-0.39, 0.29) is 18.6 Å². The topological polar surface area (TPSA) is 81.3 Å². The van der Waals surface area contributed by atoms with Crippen LogP contribution in [0.25, 0.3) is 0 Å². The second-order valence-corrected chi connectivity index (χ2v) is 1.95. The number of carbonyl (C=O) groups excluding carboxylic acids is 1. The maximum Gasteiger partial charge on any atom is 0.240 e. The molecule has 0 aromatic heterocycles. The Morgan fingerprint density at radius 1 is 1.45 bits per heavy atom. The van der Waals surface area contributed by atoms with Gasteiger partial charge in [0.15, 0.2) is 0 Å². The first-order valence-electron chi connectivity index (χ1n) is 2.53. The molecule has 0 aliphatic rings. The minimum atomic E-state index is -0.481. The maximum atomic E-state index is 9.47. The van der Waals surface area contributed by atoms with Crippen molar-refractivity contribution in [2.24, 2.45) is 5.73 Å². The van der Waals surface area contributed by atoms with Crippen LogP contribution < -0.4 is 11.9 Å². The average molecular weight is 184 g/mol. The monoisotopic (exact) mass is 183 g/mol. The van der Waals surface area contributed by atoms with E-state index >= 15 is 0 Å². The first-order valence-corrected chi connectivity index (χ1v) is 2.53. The number of nitrogens with zero attached hydrogens (tertiary/aromatic N) is 1. The Balaban J connectivity index is -0.0000000383. The third kappa shape index (κ3) is 257. The summed E-state index contributed by atoms with van der Waals surface area (Å²) in [6, 6.07) is 0. The molecule has 4 nitrogen and oxygen atoms in total. The van der Waals surface area contributed by atoms with E-state index in [0.29, 0.717) is 0 Å². The number of hydrogen-bond acceptors (Lipinski definition) is 3. The van der Waals surface area contributed by atoms with Crippen LogP contribution in [0.2, 0.25) is 0 Å². The Bertz CT molecular complexity index is 93.1. The van der Waals surface area contributed by atoms with Crippen molar-refractivity contribution < 1.29 is 4.79 Å². The minimum Gasteiger partial charge on any atom is -0.366 e. The van der Waals surface area contributed by atoms with Crippen molar-refractivity contribution in [3.05, 3.63) is 12.7 Å². The number of rotatable bonds is 1. The van der Waals surface area contributed by atoms with Crippen molar-refractivity contribution in [1.29, 1.82) is 0 Å². The molecule has 0 saturated carbocycles. The number of nitrogens with two attached hydrogens (primary N) is 1. The van der Waals surface area contributed by atoms with Gasteiger partial charge in [0.1, 0.15) is 0 Å². The fourth-order valence-corrected chi connectivity index (χ4v) is 0. The van der Waals surface area contributed by atoms with Crippen LogP contribution in [-0.2, 0) is 4.79 Å². The van der Waals surface area contributed by atoms with Gasteiger partial charge in [-0.1, -0.05) is 6.58 Å². The van der Waals surface area contributed by atoms with Gasteiger partial charge in [-0.15, -0.1) is 12.4 Å². The molecular formula is C6H18ClN3O. The highest BCUT2D eigenvalue weighted by molar-refractivity contribution is 5.85. The van der Waals surface area contributed by atoms with Gasteiger partial charge in [0.25, 0.3) is 0 Å². The van der Waals surface area contributed by atoms with Crippen LogP contribution in [0.15, 0.2) is 12.7 Å². The molecule has 70 valence electrons. The summed E-state index contributed by atoms with van der Waals surface area (Å²) >= 11 is 0. The summed E-state index contributed by atoms with van der Waals surface area (Å²) in [5, 5.41) is 0. The Morgan fingerprint density at radius 2 is 1.55 bits per heavy atom. The highest BCUT2D eigenvalue weighted by Gasteiger charge is 1.69. The number of hydrogen-bond donors (Lipinski definition) is 2. The van der Waals surface area contributed by atoms with Gasteiger partial charge in [0.05, 0.1) is 0 Å². The second kappa shape index (κ2) is 16.2. The first kappa shape index (κ1) is 22.4. The van der Waals surface area contributed by atoms with Crippen LogP contribution >= 0.6 is 12.4 Å². The summed E-state index contributed by atoms with van der Waals surface area (Å²) in [6.45, 7) is 3.09. The molecule has 0 aliphatic heterocycles. The van der Waals surface area contributed by atoms with E-state index in [1.807, 2.05) is 26.0 Å². The van der Waals surface area contributed by atoms with Crippen LogP contribution in [-0.4, -0.2) is 32.0 Å². The van der Waals surface area contributed by atoms with Crippen molar-refractivity contribution in [3.8, 4) is 0 Å². The van der Waals surface area contributed by atoms with Crippen molar-refractivity contribution in [2.45, 2.75) is 0 Å². The van der Waals surface area contributed by atoms with Gasteiger partial charge in [-0.25, -0.2) is 0 Å².